The summed E-state index contributed by atoms with van der Waals surface area (Å²) in [5.74, 6) is -2.15. The number of benzene rings is 1. The Hall–Kier alpha value is -2.19. The van der Waals surface area contributed by atoms with Gasteiger partial charge in [-0.2, -0.15) is 0 Å². The molecule has 1 amide bonds. The summed E-state index contributed by atoms with van der Waals surface area (Å²) in [6.07, 6.45) is 0. The lowest BCUT2D eigenvalue weighted by Gasteiger charge is -2.05. The minimum absolute atomic E-state index is 0.0166. The number of hydrogen-bond acceptors (Lipinski definition) is 5. The third-order valence-electron chi connectivity index (χ3n) is 1.77. The number of hydroxylamine groups is 1. The van der Waals surface area contributed by atoms with Crippen molar-refractivity contribution in [2.75, 3.05) is 6.61 Å². The van der Waals surface area contributed by atoms with Crippen LogP contribution in [0, 0.1) is 10.1 Å². The van der Waals surface area contributed by atoms with Gasteiger partial charge in [0.05, 0.1) is 15.5 Å². The number of nitro groups is 1. The van der Waals surface area contributed by atoms with Gasteiger partial charge in [0, 0.05) is 12.1 Å². The number of nitrogens with zero attached hydrogens (tertiary/aromatic N) is 1. The van der Waals surface area contributed by atoms with Crippen LogP contribution in [0.1, 0.15) is 10.4 Å². The first kappa shape index (κ1) is 13.9. The summed E-state index contributed by atoms with van der Waals surface area (Å²) in [6.45, 7) is -0.738. The molecule has 0 saturated carbocycles. The number of non-ortho nitro benzene ring substituents is 1. The predicted molar refractivity (Wildman–Crippen MR) is 59.2 cm³/mol. The van der Waals surface area contributed by atoms with Crippen molar-refractivity contribution in [1.82, 2.24) is 5.48 Å². The number of carboxylic acid groups (broad SMARTS) is 1. The van der Waals surface area contributed by atoms with E-state index in [9.17, 15) is 19.7 Å². The number of halogens is 1. The van der Waals surface area contributed by atoms with Crippen LogP contribution in [0.15, 0.2) is 18.2 Å². The van der Waals surface area contributed by atoms with Gasteiger partial charge in [-0.15, -0.1) is 0 Å². The van der Waals surface area contributed by atoms with Crippen molar-refractivity contribution in [3.8, 4) is 0 Å². The molecular formula is C9H7ClN2O6. The van der Waals surface area contributed by atoms with E-state index in [1.54, 1.807) is 0 Å². The standard InChI is InChI=1S/C9H7ClN2O6/c10-7-2-1-5(12(16)17)3-6(7)9(15)11-18-4-8(13)14/h1-3H,4H2,(H,11,15)(H,13,14). The molecule has 8 nitrogen and oxygen atoms in total. The van der Waals surface area contributed by atoms with Crippen molar-refractivity contribution in [3.05, 3.63) is 38.9 Å². The highest BCUT2D eigenvalue weighted by Gasteiger charge is 2.16. The molecule has 0 spiro atoms. The smallest absolute Gasteiger partial charge is 0.332 e. The van der Waals surface area contributed by atoms with Gasteiger partial charge in [-0.3, -0.25) is 19.7 Å². The van der Waals surface area contributed by atoms with Gasteiger partial charge in [-0.1, -0.05) is 11.6 Å². The monoisotopic (exact) mass is 274 g/mol. The first-order valence-corrected chi connectivity index (χ1v) is 4.87. The number of carbonyl (C=O) groups is 2. The summed E-state index contributed by atoms with van der Waals surface area (Å²) in [6, 6.07) is 3.28. The molecule has 1 rings (SSSR count). The number of amides is 1. The van der Waals surface area contributed by atoms with Gasteiger partial charge in [0.1, 0.15) is 0 Å². The highest BCUT2D eigenvalue weighted by atomic mass is 35.5. The molecule has 0 radical (unpaired) electrons. The van der Waals surface area contributed by atoms with E-state index >= 15 is 0 Å². The fraction of sp³-hybridized carbons (Fsp3) is 0.111. The van der Waals surface area contributed by atoms with Gasteiger partial charge in [-0.25, -0.2) is 10.3 Å². The van der Waals surface area contributed by atoms with E-state index in [1.807, 2.05) is 5.48 Å². The Kier molecular flexibility index (Phi) is 4.58. The Bertz CT molecular complexity index is 504. The Morgan fingerprint density at radius 2 is 2.17 bits per heavy atom. The maximum absolute atomic E-state index is 11.5. The fourth-order valence-corrected chi connectivity index (χ4v) is 1.22. The molecule has 0 saturated heterocycles. The van der Waals surface area contributed by atoms with Crippen molar-refractivity contribution in [2.24, 2.45) is 0 Å². The molecule has 0 heterocycles. The van der Waals surface area contributed by atoms with E-state index in [4.69, 9.17) is 16.7 Å². The summed E-state index contributed by atoms with van der Waals surface area (Å²) in [7, 11) is 0. The Morgan fingerprint density at radius 3 is 2.72 bits per heavy atom. The van der Waals surface area contributed by atoms with Crippen LogP contribution in [0.3, 0.4) is 0 Å². The van der Waals surface area contributed by atoms with Crippen LogP contribution in [0.5, 0.6) is 0 Å². The summed E-state index contributed by atoms with van der Waals surface area (Å²) < 4.78 is 0. The summed E-state index contributed by atoms with van der Waals surface area (Å²) in [4.78, 5) is 35.8. The average Bonchev–Trinajstić information content (AvgIpc) is 2.28. The number of carbonyl (C=O) groups excluding carboxylic acids is 1. The minimum Gasteiger partial charge on any atom is -0.479 e. The Balaban J connectivity index is 2.81. The SMILES string of the molecule is O=C(O)CONC(=O)c1cc([N+](=O)[O-])ccc1Cl. The topological polar surface area (TPSA) is 119 Å². The molecule has 1 aromatic carbocycles. The lowest BCUT2D eigenvalue weighted by Crippen LogP contribution is -2.26. The number of nitrogens with one attached hydrogen (secondary N) is 1. The maximum atomic E-state index is 11.5. The first-order valence-electron chi connectivity index (χ1n) is 4.49. The van der Waals surface area contributed by atoms with E-state index in [0.717, 1.165) is 12.1 Å². The van der Waals surface area contributed by atoms with Gasteiger partial charge in [0.25, 0.3) is 11.6 Å². The molecule has 2 N–H and O–H groups in total. The molecule has 0 atom stereocenters. The Labute approximate surface area is 105 Å². The number of nitro benzene ring substituents is 1. The van der Waals surface area contributed by atoms with Gasteiger partial charge >= 0.3 is 5.97 Å². The highest BCUT2D eigenvalue weighted by Crippen LogP contribution is 2.21. The quantitative estimate of drug-likeness (QED) is 0.610. The largest absolute Gasteiger partial charge is 0.479 e. The second-order valence-electron chi connectivity index (χ2n) is 3.03. The van der Waals surface area contributed by atoms with Crippen molar-refractivity contribution in [3.63, 3.8) is 0 Å². The van der Waals surface area contributed by atoms with Crippen molar-refractivity contribution in [2.45, 2.75) is 0 Å². The van der Waals surface area contributed by atoms with Crippen molar-refractivity contribution < 1.29 is 24.5 Å². The number of aliphatic carboxylic acids is 1. The zero-order chi connectivity index (χ0) is 13.7. The molecule has 18 heavy (non-hydrogen) atoms. The minimum atomic E-state index is -1.28. The average molecular weight is 275 g/mol. The molecular weight excluding hydrogens is 268 g/mol. The Morgan fingerprint density at radius 1 is 1.50 bits per heavy atom. The molecule has 0 aliphatic rings. The fourth-order valence-electron chi connectivity index (χ4n) is 1.02. The zero-order valence-electron chi connectivity index (χ0n) is 8.75. The molecule has 0 aliphatic carbocycles. The van der Waals surface area contributed by atoms with Gasteiger partial charge in [0.15, 0.2) is 6.61 Å². The van der Waals surface area contributed by atoms with E-state index in [2.05, 4.69) is 4.84 Å². The number of hydrogen-bond donors (Lipinski definition) is 2. The third kappa shape index (κ3) is 3.68. The molecule has 0 aliphatic heterocycles. The van der Waals surface area contributed by atoms with Crippen LogP contribution < -0.4 is 5.48 Å². The van der Waals surface area contributed by atoms with Crippen LogP contribution in [-0.4, -0.2) is 28.5 Å². The summed E-state index contributed by atoms with van der Waals surface area (Å²) in [5.41, 5.74) is 1.31. The van der Waals surface area contributed by atoms with Crippen molar-refractivity contribution in [1.29, 1.82) is 0 Å². The predicted octanol–water partition coefficient (Wildman–Crippen LogP) is 0.994. The molecule has 9 heteroatoms. The van der Waals surface area contributed by atoms with E-state index in [1.165, 1.54) is 6.07 Å². The number of rotatable bonds is 5. The van der Waals surface area contributed by atoms with E-state index in [-0.39, 0.29) is 16.3 Å². The second kappa shape index (κ2) is 5.94. The van der Waals surface area contributed by atoms with E-state index in [0.29, 0.717) is 0 Å². The molecule has 0 fully saturated rings. The van der Waals surface area contributed by atoms with Crippen LogP contribution in [0.2, 0.25) is 5.02 Å². The maximum Gasteiger partial charge on any atom is 0.332 e. The summed E-state index contributed by atoms with van der Waals surface area (Å²) in [5, 5.41) is 18.8. The zero-order valence-corrected chi connectivity index (χ0v) is 9.51. The van der Waals surface area contributed by atoms with Crippen LogP contribution in [0.4, 0.5) is 5.69 Å². The van der Waals surface area contributed by atoms with Crippen molar-refractivity contribution >= 4 is 29.2 Å². The second-order valence-corrected chi connectivity index (χ2v) is 3.44. The molecule has 0 aromatic heterocycles. The molecule has 1 aromatic rings. The molecule has 96 valence electrons. The molecule has 0 bridgehead atoms. The van der Waals surface area contributed by atoms with Crippen LogP contribution in [-0.2, 0) is 9.63 Å². The van der Waals surface area contributed by atoms with Crippen LogP contribution >= 0.6 is 11.6 Å². The highest BCUT2D eigenvalue weighted by molar-refractivity contribution is 6.33. The van der Waals surface area contributed by atoms with Gasteiger partial charge in [0.2, 0.25) is 0 Å². The van der Waals surface area contributed by atoms with Gasteiger partial charge in [-0.05, 0) is 6.07 Å². The third-order valence-corrected chi connectivity index (χ3v) is 2.10. The van der Waals surface area contributed by atoms with Crippen LogP contribution in [0.25, 0.3) is 0 Å². The van der Waals surface area contributed by atoms with E-state index < -0.39 is 23.4 Å². The normalized spacial score (nSPS) is 9.83. The lowest BCUT2D eigenvalue weighted by molar-refractivity contribution is -0.384. The number of carboxylic acids is 1. The van der Waals surface area contributed by atoms with Gasteiger partial charge < -0.3 is 5.11 Å². The molecule has 0 unspecified atom stereocenters. The summed E-state index contributed by atoms with van der Waals surface area (Å²) >= 11 is 5.68. The lowest BCUT2D eigenvalue weighted by atomic mass is 10.2. The first-order chi connectivity index (χ1) is 8.41.